The Kier molecular flexibility index (Phi) is 3.97. The van der Waals surface area contributed by atoms with Crippen molar-refractivity contribution in [2.24, 2.45) is 0 Å². The minimum atomic E-state index is -1.16. The van der Waals surface area contributed by atoms with Gasteiger partial charge in [0, 0.05) is 18.0 Å². The van der Waals surface area contributed by atoms with Crippen LogP contribution in [0.15, 0.2) is 30.6 Å². The summed E-state index contributed by atoms with van der Waals surface area (Å²) in [6.07, 6.45) is 2.32. The monoisotopic (exact) mass is 295 g/mol. The first-order valence-corrected chi connectivity index (χ1v) is 5.92. The summed E-state index contributed by atoms with van der Waals surface area (Å²) < 4.78 is 27.0. The predicted octanol–water partition coefficient (Wildman–Crippen LogP) is 2.06. The molecule has 6 nitrogen and oxygen atoms in total. The van der Waals surface area contributed by atoms with Crippen LogP contribution in [-0.4, -0.2) is 26.8 Å². The van der Waals surface area contributed by atoms with E-state index in [0.717, 1.165) is 18.3 Å². The molecule has 2 N–H and O–H groups in total. The third kappa shape index (κ3) is 3.22. The first kappa shape index (κ1) is 14.6. The molecule has 1 unspecified atom stereocenters. The highest BCUT2D eigenvalue weighted by Gasteiger charge is 2.18. The Morgan fingerprint density at radius 2 is 2.05 bits per heavy atom. The molecule has 2 rings (SSSR count). The molecule has 0 saturated carbocycles. The highest BCUT2D eigenvalue weighted by Crippen LogP contribution is 2.15. The van der Waals surface area contributed by atoms with Crippen LogP contribution in [-0.2, 0) is 4.79 Å². The molecule has 0 saturated heterocycles. The zero-order chi connectivity index (χ0) is 15.6. The molecule has 1 heterocycles. The van der Waals surface area contributed by atoms with E-state index in [0.29, 0.717) is 0 Å². The van der Waals surface area contributed by atoms with E-state index >= 15 is 0 Å². The van der Waals surface area contributed by atoms with E-state index in [1.54, 1.807) is 0 Å². The molecular formula is C13H11F2N3O3. The van der Waals surface area contributed by atoms with Gasteiger partial charge in [0.2, 0.25) is 5.91 Å². The van der Waals surface area contributed by atoms with Gasteiger partial charge in [-0.15, -0.1) is 0 Å². The van der Waals surface area contributed by atoms with E-state index in [9.17, 15) is 18.4 Å². The number of aromatic carboxylic acids is 1. The lowest BCUT2D eigenvalue weighted by Crippen LogP contribution is -2.24. The molecular weight excluding hydrogens is 284 g/mol. The summed E-state index contributed by atoms with van der Waals surface area (Å²) in [6.45, 7) is 1.49. The van der Waals surface area contributed by atoms with Gasteiger partial charge in [-0.25, -0.2) is 13.6 Å². The number of benzene rings is 1. The summed E-state index contributed by atoms with van der Waals surface area (Å²) in [7, 11) is 0. The normalized spacial score (nSPS) is 12.0. The number of carbonyl (C=O) groups is 2. The number of hydrogen-bond acceptors (Lipinski definition) is 3. The van der Waals surface area contributed by atoms with Crippen LogP contribution in [0.25, 0.3) is 0 Å². The quantitative estimate of drug-likeness (QED) is 0.904. The molecule has 0 spiro atoms. The summed E-state index contributed by atoms with van der Waals surface area (Å²) in [5, 5.41) is 14.9. The first-order valence-electron chi connectivity index (χ1n) is 5.92. The van der Waals surface area contributed by atoms with Gasteiger partial charge in [0.15, 0.2) is 11.6 Å². The molecule has 2 aromatic rings. The summed E-state index contributed by atoms with van der Waals surface area (Å²) in [6, 6.07) is 2.15. The van der Waals surface area contributed by atoms with Crippen LogP contribution in [0, 0.1) is 11.6 Å². The molecule has 1 amide bonds. The fourth-order valence-corrected chi connectivity index (χ4v) is 1.60. The molecule has 0 aliphatic rings. The SMILES string of the molecule is CC(C(=O)Nc1ccc(F)c(F)c1)n1cc(C(=O)O)cn1. The summed E-state index contributed by atoms with van der Waals surface area (Å²) >= 11 is 0. The predicted molar refractivity (Wildman–Crippen MR) is 68.9 cm³/mol. The first-order chi connectivity index (χ1) is 9.88. The number of carboxylic acids is 1. The fourth-order valence-electron chi connectivity index (χ4n) is 1.60. The smallest absolute Gasteiger partial charge is 0.338 e. The number of aromatic nitrogens is 2. The maximum Gasteiger partial charge on any atom is 0.338 e. The van der Waals surface area contributed by atoms with Crippen LogP contribution in [0.2, 0.25) is 0 Å². The molecule has 1 aromatic carbocycles. The van der Waals surface area contributed by atoms with Crippen molar-refractivity contribution in [3.05, 3.63) is 47.8 Å². The highest BCUT2D eigenvalue weighted by atomic mass is 19.2. The fraction of sp³-hybridized carbons (Fsp3) is 0.154. The molecule has 1 aromatic heterocycles. The van der Waals surface area contributed by atoms with Gasteiger partial charge in [0.25, 0.3) is 0 Å². The largest absolute Gasteiger partial charge is 0.478 e. The van der Waals surface area contributed by atoms with E-state index < -0.39 is 29.6 Å². The molecule has 1 atom stereocenters. The van der Waals surface area contributed by atoms with Gasteiger partial charge < -0.3 is 10.4 Å². The number of nitrogens with zero attached hydrogens (tertiary/aromatic N) is 2. The van der Waals surface area contributed by atoms with E-state index in [1.807, 2.05) is 0 Å². The zero-order valence-corrected chi connectivity index (χ0v) is 10.9. The molecule has 0 bridgehead atoms. The zero-order valence-electron chi connectivity index (χ0n) is 10.9. The third-order valence-corrected chi connectivity index (χ3v) is 2.81. The van der Waals surface area contributed by atoms with Crippen molar-refractivity contribution < 1.29 is 23.5 Å². The number of nitrogens with one attached hydrogen (secondary N) is 1. The van der Waals surface area contributed by atoms with E-state index in [1.165, 1.54) is 23.9 Å². The Labute approximate surface area is 118 Å². The summed E-state index contributed by atoms with van der Waals surface area (Å²) in [5.41, 5.74) is 0.0406. The Morgan fingerprint density at radius 1 is 1.33 bits per heavy atom. The standard InChI is InChI=1S/C13H11F2N3O3/c1-7(18-6-8(5-16-18)13(20)21)12(19)17-9-2-3-10(14)11(15)4-9/h2-7H,1H3,(H,17,19)(H,20,21). The van der Waals surface area contributed by atoms with Gasteiger partial charge in [-0.2, -0.15) is 5.10 Å². The maximum atomic E-state index is 13.0. The third-order valence-electron chi connectivity index (χ3n) is 2.81. The van der Waals surface area contributed by atoms with Crippen LogP contribution < -0.4 is 5.32 Å². The van der Waals surface area contributed by atoms with Crippen molar-refractivity contribution in [1.82, 2.24) is 9.78 Å². The van der Waals surface area contributed by atoms with Crippen LogP contribution in [0.5, 0.6) is 0 Å². The van der Waals surface area contributed by atoms with Crippen molar-refractivity contribution in [3.63, 3.8) is 0 Å². The lowest BCUT2D eigenvalue weighted by Gasteiger charge is -2.12. The van der Waals surface area contributed by atoms with Crippen LogP contribution in [0.3, 0.4) is 0 Å². The van der Waals surface area contributed by atoms with Crippen molar-refractivity contribution in [2.75, 3.05) is 5.32 Å². The second kappa shape index (κ2) is 5.70. The Morgan fingerprint density at radius 3 is 2.62 bits per heavy atom. The van der Waals surface area contributed by atoms with Gasteiger partial charge in [-0.1, -0.05) is 0 Å². The second-order valence-corrected chi connectivity index (χ2v) is 4.31. The average Bonchev–Trinajstić information content (AvgIpc) is 2.92. The van der Waals surface area contributed by atoms with Gasteiger partial charge >= 0.3 is 5.97 Å². The number of anilines is 1. The summed E-state index contributed by atoms with van der Waals surface area (Å²) in [4.78, 5) is 22.7. The van der Waals surface area contributed by atoms with Gasteiger partial charge in [0.1, 0.15) is 6.04 Å². The minimum Gasteiger partial charge on any atom is -0.478 e. The lowest BCUT2D eigenvalue weighted by atomic mass is 10.2. The molecule has 0 radical (unpaired) electrons. The van der Waals surface area contributed by atoms with Gasteiger partial charge in [-0.3, -0.25) is 9.48 Å². The van der Waals surface area contributed by atoms with E-state index in [4.69, 9.17) is 5.11 Å². The van der Waals surface area contributed by atoms with Crippen molar-refractivity contribution in [3.8, 4) is 0 Å². The molecule has 8 heteroatoms. The number of carbonyl (C=O) groups excluding carboxylic acids is 1. The van der Waals surface area contributed by atoms with Crippen molar-refractivity contribution in [1.29, 1.82) is 0 Å². The summed E-state index contributed by atoms with van der Waals surface area (Å²) in [5.74, 6) is -3.79. The maximum absolute atomic E-state index is 13.0. The average molecular weight is 295 g/mol. The van der Waals surface area contributed by atoms with Crippen molar-refractivity contribution in [2.45, 2.75) is 13.0 Å². The number of halogens is 2. The highest BCUT2D eigenvalue weighted by molar-refractivity contribution is 5.93. The second-order valence-electron chi connectivity index (χ2n) is 4.31. The lowest BCUT2D eigenvalue weighted by molar-refractivity contribution is -0.119. The van der Waals surface area contributed by atoms with Gasteiger partial charge in [-0.05, 0) is 19.1 Å². The molecule has 0 aliphatic carbocycles. The van der Waals surface area contributed by atoms with Crippen LogP contribution in [0.1, 0.15) is 23.3 Å². The number of amides is 1. The number of hydrogen-bond donors (Lipinski definition) is 2. The Hall–Kier alpha value is -2.77. The Balaban J connectivity index is 2.11. The molecule has 0 aliphatic heterocycles. The number of rotatable bonds is 4. The number of carboxylic acid groups (broad SMARTS) is 1. The van der Waals surface area contributed by atoms with Crippen molar-refractivity contribution >= 4 is 17.6 Å². The van der Waals surface area contributed by atoms with Crippen LogP contribution >= 0.6 is 0 Å². The topological polar surface area (TPSA) is 84.2 Å². The molecule has 21 heavy (non-hydrogen) atoms. The van der Waals surface area contributed by atoms with E-state index in [2.05, 4.69) is 10.4 Å². The van der Waals surface area contributed by atoms with Crippen LogP contribution in [0.4, 0.5) is 14.5 Å². The van der Waals surface area contributed by atoms with Gasteiger partial charge in [0.05, 0.1) is 11.8 Å². The minimum absolute atomic E-state index is 0.0533. The Bertz CT molecular complexity index is 700. The molecule has 110 valence electrons. The molecule has 0 fully saturated rings. The van der Waals surface area contributed by atoms with E-state index in [-0.39, 0.29) is 11.3 Å².